The van der Waals surface area contributed by atoms with Gasteiger partial charge in [-0.15, -0.1) is 0 Å². The van der Waals surface area contributed by atoms with Crippen molar-refractivity contribution in [1.29, 1.82) is 0 Å². The molecule has 4 bridgehead atoms. The van der Waals surface area contributed by atoms with Crippen LogP contribution < -0.4 is 0 Å². The highest BCUT2D eigenvalue weighted by molar-refractivity contribution is 5.10. The zero-order chi connectivity index (χ0) is 8.58. The number of fused-ring (bicyclic) bond motifs is 9. The standard InChI is InChI=1S/C12H18O/c13-10-5-8-4-9(10)12-7-2-1-6(3-7)11(8)12/h6-13H,1-5H2. The molecule has 0 radical (unpaired) electrons. The van der Waals surface area contributed by atoms with Gasteiger partial charge in [-0.25, -0.2) is 0 Å². The molecule has 1 N–H and O–H groups in total. The molecule has 0 aromatic heterocycles. The van der Waals surface area contributed by atoms with E-state index in [9.17, 15) is 5.11 Å². The molecule has 1 heteroatoms. The van der Waals surface area contributed by atoms with Crippen LogP contribution in [-0.4, -0.2) is 11.2 Å². The normalized spacial score (nSPS) is 67.6. The van der Waals surface area contributed by atoms with Crippen LogP contribution in [0.5, 0.6) is 0 Å². The number of aliphatic hydroxyl groups excluding tert-OH is 1. The van der Waals surface area contributed by atoms with Crippen LogP contribution in [0.25, 0.3) is 0 Å². The van der Waals surface area contributed by atoms with E-state index in [0.29, 0.717) is 0 Å². The Bertz CT molecular complexity index is 250. The van der Waals surface area contributed by atoms with Crippen molar-refractivity contribution < 1.29 is 5.11 Å². The van der Waals surface area contributed by atoms with E-state index in [-0.39, 0.29) is 6.10 Å². The van der Waals surface area contributed by atoms with Crippen LogP contribution in [0.1, 0.15) is 32.1 Å². The molecular weight excluding hydrogens is 160 g/mol. The Morgan fingerprint density at radius 3 is 2.38 bits per heavy atom. The Hall–Kier alpha value is -0.0400. The third kappa shape index (κ3) is 0.707. The summed E-state index contributed by atoms with van der Waals surface area (Å²) in [7, 11) is 0. The highest BCUT2D eigenvalue weighted by Gasteiger charge is 2.61. The van der Waals surface area contributed by atoms with Crippen molar-refractivity contribution >= 4 is 0 Å². The number of rotatable bonds is 0. The second kappa shape index (κ2) is 2.13. The molecule has 4 rings (SSSR count). The maximum absolute atomic E-state index is 9.89. The highest BCUT2D eigenvalue weighted by Crippen LogP contribution is 2.67. The molecule has 72 valence electrons. The smallest absolute Gasteiger partial charge is 0.0574 e. The van der Waals surface area contributed by atoms with Crippen LogP contribution in [0.15, 0.2) is 0 Å². The summed E-state index contributed by atoms with van der Waals surface area (Å²) in [5.41, 5.74) is 0. The van der Waals surface area contributed by atoms with Crippen LogP contribution in [0.4, 0.5) is 0 Å². The van der Waals surface area contributed by atoms with E-state index in [2.05, 4.69) is 0 Å². The Morgan fingerprint density at radius 2 is 1.54 bits per heavy atom. The second-order valence-electron chi connectivity index (χ2n) is 5.95. The van der Waals surface area contributed by atoms with Gasteiger partial charge in [0.1, 0.15) is 0 Å². The van der Waals surface area contributed by atoms with E-state index < -0.39 is 0 Å². The van der Waals surface area contributed by atoms with Gasteiger partial charge in [0.2, 0.25) is 0 Å². The zero-order valence-corrected chi connectivity index (χ0v) is 8.02. The van der Waals surface area contributed by atoms with Gasteiger partial charge in [-0.3, -0.25) is 0 Å². The van der Waals surface area contributed by atoms with Crippen LogP contribution in [-0.2, 0) is 0 Å². The van der Waals surface area contributed by atoms with Gasteiger partial charge in [-0.05, 0) is 67.6 Å². The second-order valence-corrected chi connectivity index (χ2v) is 5.95. The topological polar surface area (TPSA) is 20.2 Å². The molecule has 0 heterocycles. The molecule has 0 amide bonds. The largest absolute Gasteiger partial charge is 0.393 e. The van der Waals surface area contributed by atoms with E-state index in [1.165, 1.54) is 25.7 Å². The predicted molar refractivity (Wildman–Crippen MR) is 50.0 cm³/mol. The Morgan fingerprint density at radius 1 is 0.769 bits per heavy atom. The fourth-order valence-electron chi connectivity index (χ4n) is 5.53. The first-order valence-electron chi connectivity index (χ1n) is 6.02. The van der Waals surface area contributed by atoms with E-state index in [0.717, 1.165) is 41.9 Å². The molecule has 4 aliphatic carbocycles. The van der Waals surface area contributed by atoms with Gasteiger partial charge < -0.3 is 5.11 Å². The third-order valence-electron chi connectivity index (χ3n) is 5.70. The van der Waals surface area contributed by atoms with Crippen LogP contribution in [0.2, 0.25) is 0 Å². The van der Waals surface area contributed by atoms with E-state index in [4.69, 9.17) is 0 Å². The lowest BCUT2D eigenvalue weighted by Gasteiger charge is -2.36. The first-order chi connectivity index (χ1) is 6.34. The molecule has 0 aromatic carbocycles. The van der Waals surface area contributed by atoms with E-state index in [1.54, 1.807) is 0 Å². The van der Waals surface area contributed by atoms with E-state index in [1.807, 2.05) is 0 Å². The van der Waals surface area contributed by atoms with Gasteiger partial charge in [0.05, 0.1) is 6.10 Å². The summed E-state index contributed by atoms with van der Waals surface area (Å²) >= 11 is 0. The lowest BCUT2D eigenvalue weighted by atomic mass is 9.70. The van der Waals surface area contributed by atoms with Crippen molar-refractivity contribution in [3.05, 3.63) is 0 Å². The molecule has 0 saturated heterocycles. The van der Waals surface area contributed by atoms with Crippen molar-refractivity contribution in [2.75, 3.05) is 0 Å². The summed E-state index contributed by atoms with van der Waals surface area (Å²) in [6, 6.07) is 0. The fourth-order valence-corrected chi connectivity index (χ4v) is 5.53. The van der Waals surface area contributed by atoms with Gasteiger partial charge in [0, 0.05) is 0 Å². The van der Waals surface area contributed by atoms with Gasteiger partial charge in [0.25, 0.3) is 0 Å². The molecule has 1 nitrogen and oxygen atoms in total. The number of hydrogen-bond donors (Lipinski definition) is 1. The Balaban J connectivity index is 1.75. The molecule has 7 atom stereocenters. The van der Waals surface area contributed by atoms with Gasteiger partial charge >= 0.3 is 0 Å². The Kier molecular flexibility index (Phi) is 1.19. The summed E-state index contributed by atoms with van der Waals surface area (Å²) in [5.74, 6) is 5.79. The van der Waals surface area contributed by atoms with Gasteiger partial charge in [-0.1, -0.05) is 0 Å². The van der Waals surface area contributed by atoms with Crippen LogP contribution in [0, 0.1) is 35.5 Å². The van der Waals surface area contributed by atoms with Crippen molar-refractivity contribution in [1.82, 2.24) is 0 Å². The maximum Gasteiger partial charge on any atom is 0.0574 e. The monoisotopic (exact) mass is 178 g/mol. The third-order valence-corrected chi connectivity index (χ3v) is 5.70. The Labute approximate surface area is 79.5 Å². The number of aliphatic hydroxyl groups is 1. The molecule has 13 heavy (non-hydrogen) atoms. The van der Waals surface area contributed by atoms with Gasteiger partial charge in [-0.2, -0.15) is 0 Å². The van der Waals surface area contributed by atoms with Crippen LogP contribution in [0.3, 0.4) is 0 Å². The molecule has 7 unspecified atom stereocenters. The van der Waals surface area contributed by atoms with Crippen molar-refractivity contribution in [2.45, 2.75) is 38.2 Å². The zero-order valence-electron chi connectivity index (χ0n) is 8.02. The first kappa shape index (κ1) is 7.28. The van der Waals surface area contributed by atoms with Crippen molar-refractivity contribution in [3.63, 3.8) is 0 Å². The van der Waals surface area contributed by atoms with Crippen LogP contribution >= 0.6 is 0 Å². The minimum atomic E-state index is 0.0885. The summed E-state index contributed by atoms with van der Waals surface area (Å²) < 4.78 is 0. The summed E-state index contributed by atoms with van der Waals surface area (Å²) in [5, 5.41) is 9.89. The summed E-state index contributed by atoms with van der Waals surface area (Å²) in [4.78, 5) is 0. The van der Waals surface area contributed by atoms with Crippen molar-refractivity contribution in [3.8, 4) is 0 Å². The lowest BCUT2D eigenvalue weighted by molar-refractivity contribution is 0.0291. The SMILES string of the molecule is OC1CC2CC1C1C3CCC(C3)C21. The average Bonchev–Trinajstić information content (AvgIpc) is 2.78. The quantitative estimate of drug-likeness (QED) is 0.563. The molecule has 4 aliphatic rings. The fraction of sp³-hybridized carbons (Fsp3) is 1.00. The molecule has 0 aliphatic heterocycles. The highest BCUT2D eigenvalue weighted by atomic mass is 16.3. The molecular formula is C12H18O. The summed E-state index contributed by atoms with van der Waals surface area (Å²) in [6.45, 7) is 0. The molecule has 4 saturated carbocycles. The molecule has 0 spiro atoms. The summed E-state index contributed by atoms with van der Waals surface area (Å²) in [6.07, 6.45) is 7.14. The van der Waals surface area contributed by atoms with E-state index >= 15 is 0 Å². The minimum Gasteiger partial charge on any atom is -0.393 e. The molecule has 0 aromatic rings. The first-order valence-corrected chi connectivity index (χ1v) is 6.02. The predicted octanol–water partition coefficient (Wildman–Crippen LogP) is 2.05. The van der Waals surface area contributed by atoms with Gasteiger partial charge in [0.15, 0.2) is 0 Å². The average molecular weight is 178 g/mol. The lowest BCUT2D eigenvalue weighted by Crippen LogP contribution is -2.34. The maximum atomic E-state index is 9.89. The van der Waals surface area contributed by atoms with Crippen molar-refractivity contribution in [2.24, 2.45) is 35.5 Å². The minimum absolute atomic E-state index is 0.0885. The number of hydrogen-bond acceptors (Lipinski definition) is 1. The molecule has 4 fully saturated rings.